The normalized spacial score (nSPS) is 19.4. The standard InChI is InChI=1S/C23H19N7O6S3/c1-35-29-14(12-9-39-23(24)25-12)17(31)26-15-20(32)30-16(22(33)34)11(8-38-21(15)30)7-13(37)19-28-27-18(36-19)10-5-3-2-4-6-10/h2-7,9,15,21,37H,8H2,1H3,(H2,24,25)(H,26,31)(H,33,34). The summed E-state index contributed by atoms with van der Waals surface area (Å²) in [5.41, 5.74) is 6.50. The largest absolute Gasteiger partial charge is 0.477 e. The lowest BCUT2D eigenvalue weighted by Crippen LogP contribution is -2.71. The van der Waals surface area contributed by atoms with Crippen molar-refractivity contribution < 1.29 is 28.7 Å². The molecule has 3 aromatic rings. The van der Waals surface area contributed by atoms with Gasteiger partial charge in [0.1, 0.15) is 29.9 Å². The molecule has 16 heteroatoms. The van der Waals surface area contributed by atoms with Gasteiger partial charge in [-0.05, 0) is 23.8 Å². The van der Waals surface area contributed by atoms with Crippen LogP contribution in [0.25, 0.3) is 16.4 Å². The van der Waals surface area contributed by atoms with Crippen molar-refractivity contribution in [3.05, 3.63) is 64.6 Å². The van der Waals surface area contributed by atoms with Crippen molar-refractivity contribution in [2.75, 3.05) is 18.6 Å². The predicted molar refractivity (Wildman–Crippen MR) is 146 cm³/mol. The van der Waals surface area contributed by atoms with E-state index in [0.717, 1.165) is 21.8 Å². The number of carboxylic acids is 1. The Balaban J connectivity index is 1.36. The Bertz CT molecular complexity index is 1550. The van der Waals surface area contributed by atoms with Gasteiger partial charge in [0.2, 0.25) is 5.89 Å². The molecule has 2 atom stereocenters. The predicted octanol–water partition coefficient (Wildman–Crippen LogP) is 1.84. The number of thiol groups is 1. The second kappa shape index (κ2) is 10.9. The van der Waals surface area contributed by atoms with Crippen molar-refractivity contribution in [3.8, 4) is 11.5 Å². The van der Waals surface area contributed by atoms with E-state index in [0.29, 0.717) is 5.57 Å². The molecule has 2 aliphatic rings. The summed E-state index contributed by atoms with van der Waals surface area (Å²) in [5.74, 6) is -2.02. The Kier molecular flexibility index (Phi) is 7.40. The molecular formula is C23H19N7O6S3. The van der Waals surface area contributed by atoms with Gasteiger partial charge in [-0.25, -0.2) is 9.78 Å². The second-order valence-electron chi connectivity index (χ2n) is 8.04. The van der Waals surface area contributed by atoms with Crippen LogP contribution in [0.5, 0.6) is 0 Å². The minimum atomic E-state index is -1.30. The summed E-state index contributed by atoms with van der Waals surface area (Å²) in [6, 6.07) is 8.15. The number of amides is 2. The first-order valence-electron chi connectivity index (χ1n) is 11.1. The lowest BCUT2D eigenvalue weighted by Gasteiger charge is -2.49. The highest BCUT2D eigenvalue weighted by atomic mass is 32.2. The van der Waals surface area contributed by atoms with Crippen LogP contribution in [0.15, 0.2) is 62.6 Å². The number of hydrogen-bond acceptors (Lipinski definition) is 13. The number of β-lactam (4-membered cyclic amide) rings is 1. The molecule has 2 aromatic heterocycles. The molecule has 0 spiro atoms. The smallest absolute Gasteiger partial charge is 0.352 e. The van der Waals surface area contributed by atoms with Crippen molar-refractivity contribution in [2.45, 2.75) is 11.4 Å². The number of anilines is 1. The van der Waals surface area contributed by atoms with Gasteiger partial charge in [-0.2, -0.15) is 0 Å². The highest BCUT2D eigenvalue weighted by molar-refractivity contribution is 8.00. The molecule has 1 fully saturated rings. The number of nitrogen functional groups attached to an aromatic ring is 1. The van der Waals surface area contributed by atoms with Gasteiger partial charge >= 0.3 is 5.97 Å². The first kappa shape index (κ1) is 26.5. The molecular weight excluding hydrogens is 566 g/mol. The summed E-state index contributed by atoms with van der Waals surface area (Å²) < 4.78 is 5.69. The monoisotopic (exact) mass is 585 g/mol. The van der Waals surface area contributed by atoms with Gasteiger partial charge < -0.3 is 25.4 Å². The maximum atomic E-state index is 13.0. The van der Waals surface area contributed by atoms with E-state index in [1.807, 2.05) is 30.3 Å². The molecule has 0 radical (unpaired) electrons. The minimum absolute atomic E-state index is 0.0919. The molecule has 13 nitrogen and oxygen atoms in total. The molecule has 4 heterocycles. The van der Waals surface area contributed by atoms with E-state index < -0.39 is 29.2 Å². The Morgan fingerprint density at radius 2 is 2.10 bits per heavy atom. The Hall–Kier alpha value is -4.15. The van der Waals surface area contributed by atoms with Gasteiger partial charge in [-0.3, -0.25) is 14.5 Å². The third-order valence-electron chi connectivity index (χ3n) is 5.62. The number of oxime groups is 1. The zero-order valence-corrected chi connectivity index (χ0v) is 22.5. The number of fused-ring (bicyclic) bond motifs is 1. The molecule has 4 N–H and O–H groups in total. The first-order valence-corrected chi connectivity index (χ1v) is 13.5. The molecule has 39 heavy (non-hydrogen) atoms. The fourth-order valence-corrected chi connectivity index (χ4v) is 6.01. The van der Waals surface area contributed by atoms with Crippen LogP contribution in [0.1, 0.15) is 11.6 Å². The van der Waals surface area contributed by atoms with Crippen molar-refractivity contribution >= 4 is 69.3 Å². The van der Waals surface area contributed by atoms with Crippen LogP contribution in [0.4, 0.5) is 5.13 Å². The number of carboxylic acid groups (broad SMARTS) is 1. The molecule has 2 unspecified atom stereocenters. The van der Waals surface area contributed by atoms with E-state index in [2.05, 4.69) is 38.3 Å². The number of aromatic nitrogens is 3. The van der Waals surface area contributed by atoms with E-state index in [1.165, 1.54) is 30.3 Å². The van der Waals surface area contributed by atoms with Gasteiger partial charge in [-0.1, -0.05) is 23.4 Å². The quantitative estimate of drug-likeness (QED) is 0.131. The lowest BCUT2D eigenvalue weighted by molar-refractivity contribution is -0.150. The number of allylic oxidation sites excluding steroid dienone is 1. The summed E-state index contributed by atoms with van der Waals surface area (Å²) in [7, 11) is 1.27. The Labute approximate surface area is 234 Å². The van der Waals surface area contributed by atoms with Crippen molar-refractivity contribution in [1.29, 1.82) is 0 Å². The number of carbonyl (C=O) groups is 3. The molecule has 2 amide bonds. The number of thioether (sulfide) groups is 1. The number of benzene rings is 1. The van der Waals surface area contributed by atoms with E-state index in [4.69, 9.17) is 15.0 Å². The van der Waals surface area contributed by atoms with E-state index >= 15 is 0 Å². The highest BCUT2D eigenvalue weighted by Crippen LogP contribution is 2.41. The topological polar surface area (TPSA) is 186 Å². The van der Waals surface area contributed by atoms with Crippen molar-refractivity contribution in [1.82, 2.24) is 25.4 Å². The van der Waals surface area contributed by atoms with Crippen LogP contribution in [0.3, 0.4) is 0 Å². The number of aliphatic carboxylic acids is 1. The highest BCUT2D eigenvalue weighted by Gasteiger charge is 2.54. The molecule has 0 aliphatic carbocycles. The maximum absolute atomic E-state index is 13.0. The molecule has 2 aliphatic heterocycles. The molecule has 0 saturated carbocycles. The van der Waals surface area contributed by atoms with Crippen LogP contribution >= 0.6 is 35.7 Å². The number of nitrogens with two attached hydrogens (primary N) is 1. The minimum Gasteiger partial charge on any atom is -0.477 e. The molecule has 1 aromatic carbocycles. The first-order chi connectivity index (χ1) is 18.8. The van der Waals surface area contributed by atoms with Gasteiger partial charge in [-0.15, -0.1) is 45.9 Å². The fraction of sp³-hybridized carbons (Fsp3) is 0.174. The molecule has 1 saturated heterocycles. The van der Waals surface area contributed by atoms with Crippen LogP contribution in [0.2, 0.25) is 0 Å². The van der Waals surface area contributed by atoms with E-state index in [-0.39, 0.29) is 44.7 Å². The number of nitrogens with zero attached hydrogens (tertiary/aromatic N) is 5. The van der Waals surface area contributed by atoms with Gasteiger partial charge in [0, 0.05) is 16.7 Å². The number of hydrogen-bond donors (Lipinski definition) is 4. The van der Waals surface area contributed by atoms with Gasteiger partial charge in [0.25, 0.3) is 17.7 Å². The summed E-state index contributed by atoms with van der Waals surface area (Å²) in [5, 5.41) is 25.4. The van der Waals surface area contributed by atoms with Crippen molar-refractivity contribution in [3.63, 3.8) is 0 Å². The molecule has 200 valence electrons. The fourth-order valence-electron chi connectivity index (χ4n) is 3.91. The number of carbonyl (C=O) groups excluding carboxylic acids is 2. The van der Waals surface area contributed by atoms with E-state index in [1.54, 1.807) is 0 Å². The molecule has 5 rings (SSSR count). The third kappa shape index (κ3) is 5.13. The SMILES string of the molecule is CON=C(C(=O)NC1C(=O)N2C(C(=O)O)=C(C=C(S)c3nnc(-c4ccccc4)o3)CSC12)c1csc(N)n1. The van der Waals surface area contributed by atoms with Gasteiger partial charge in [0.15, 0.2) is 10.8 Å². The van der Waals surface area contributed by atoms with Crippen molar-refractivity contribution in [2.24, 2.45) is 5.16 Å². The van der Waals surface area contributed by atoms with Gasteiger partial charge in [0.05, 0.1) is 4.91 Å². The Morgan fingerprint density at radius 1 is 1.33 bits per heavy atom. The molecule has 0 bridgehead atoms. The third-order valence-corrected chi connectivity index (χ3v) is 7.92. The zero-order chi connectivity index (χ0) is 27.7. The van der Waals surface area contributed by atoms with E-state index in [9.17, 15) is 19.5 Å². The average Bonchev–Trinajstić information content (AvgIpc) is 3.60. The summed E-state index contributed by atoms with van der Waals surface area (Å²) in [4.78, 5) is 48.3. The lowest BCUT2D eigenvalue weighted by atomic mass is 10.0. The summed E-state index contributed by atoms with van der Waals surface area (Å²) in [6.45, 7) is 0. The average molecular weight is 586 g/mol. The number of nitrogens with one attached hydrogen (secondary N) is 1. The van der Waals surface area contributed by atoms with Crippen LogP contribution in [-0.2, 0) is 19.2 Å². The van der Waals surface area contributed by atoms with Crippen LogP contribution in [0, 0.1) is 0 Å². The summed E-state index contributed by atoms with van der Waals surface area (Å²) in [6.07, 6.45) is 1.48. The number of thiazole rings is 1. The van der Waals surface area contributed by atoms with Crippen LogP contribution < -0.4 is 11.1 Å². The maximum Gasteiger partial charge on any atom is 0.352 e. The zero-order valence-electron chi connectivity index (χ0n) is 20.0. The Morgan fingerprint density at radius 3 is 2.77 bits per heavy atom. The second-order valence-corrected chi connectivity index (χ2v) is 10.5. The number of rotatable bonds is 8. The summed E-state index contributed by atoms with van der Waals surface area (Å²) >= 11 is 6.82. The van der Waals surface area contributed by atoms with Crippen LogP contribution in [-0.4, -0.2) is 73.0 Å².